The molecule has 1 aliphatic rings. The maximum atomic E-state index is 12.5. The Kier molecular flexibility index (Phi) is 5.51. The van der Waals surface area contributed by atoms with Gasteiger partial charge in [0.25, 0.3) is 0 Å². The van der Waals surface area contributed by atoms with E-state index in [4.69, 9.17) is 15.7 Å². The molecule has 7 nitrogen and oxygen atoms in total. The molecule has 2 aromatic rings. The highest BCUT2D eigenvalue weighted by Gasteiger charge is 2.39. The Morgan fingerprint density at radius 1 is 1.27 bits per heavy atom. The molecule has 1 saturated heterocycles. The van der Waals surface area contributed by atoms with Crippen molar-refractivity contribution < 1.29 is 19.5 Å². The fourth-order valence-electron chi connectivity index (χ4n) is 3.21. The Morgan fingerprint density at radius 3 is 2.65 bits per heavy atom. The predicted molar refractivity (Wildman–Crippen MR) is 98.6 cm³/mol. The summed E-state index contributed by atoms with van der Waals surface area (Å²) < 4.78 is 0. The standard InChI is InChI=1S/C19H23N3O4/c1-11(20)17(23)18(14-9-16(19(24)25)21-10-14)26-22-15-7-6-12-4-2-3-5-13(12)8-15/h2-8,11,14,16,18,21-22H,9-10,20H2,1H3,(H,24,25)/t11-,14?,16-,18?/m0/s1. The van der Waals surface area contributed by atoms with Gasteiger partial charge in [-0.3, -0.25) is 19.9 Å². The van der Waals surface area contributed by atoms with Crippen molar-refractivity contribution >= 4 is 28.2 Å². The molecule has 1 heterocycles. The SMILES string of the molecule is C[C@H](N)C(=O)C(ONc1ccc2ccccc2c1)C1CN[C@H](C(=O)O)C1. The Labute approximate surface area is 151 Å². The maximum Gasteiger partial charge on any atom is 0.320 e. The van der Waals surface area contributed by atoms with Crippen molar-refractivity contribution in [2.75, 3.05) is 12.0 Å². The number of nitrogens with one attached hydrogen (secondary N) is 2. The molecule has 0 saturated carbocycles. The number of ketones is 1. The molecule has 0 aliphatic carbocycles. The van der Waals surface area contributed by atoms with Crippen LogP contribution in [-0.4, -0.2) is 41.6 Å². The number of nitrogens with two attached hydrogens (primary N) is 1. The molecule has 0 spiro atoms. The third-order valence-corrected chi connectivity index (χ3v) is 4.67. The number of anilines is 1. The van der Waals surface area contributed by atoms with Crippen LogP contribution in [0.2, 0.25) is 0 Å². The van der Waals surface area contributed by atoms with E-state index in [1.165, 1.54) is 0 Å². The van der Waals surface area contributed by atoms with Gasteiger partial charge in [-0.2, -0.15) is 0 Å². The number of fused-ring (bicyclic) bond motifs is 1. The highest BCUT2D eigenvalue weighted by molar-refractivity contribution is 5.88. The van der Waals surface area contributed by atoms with Crippen molar-refractivity contribution in [2.24, 2.45) is 11.7 Å². The zero-order chi connectivity index (χ0) is 18.7. The Bertz CT molecular complexity index is 808. The smallest absolute Gasteiger partial charge is 0.320 e. The first-order chi connectivity index (χ1) is 12.5. The van der Waals surface area contributed by atoms with E-state index in [1.54, 1.807) is 6.92 Å². The molecule has 0 aromatic heterocycles. The molecule has 0 amide bonds. The van der Waals surface area contributed by atoms with Gasteiger partial charge in [-0.15, -0.1) is 0 Å². The number of aliphatic carboxylic acids is 1. The minimum absolute atomic E-state index is 0.254. The lowest BCUT2D eigenvalue weighted by atomic mass is 9.93. The van der Waals surface area contributed by atoms with Gasteiger partial charge in [-0.05, 0) is 36.2 Å². The second-order valence-electron chi connectivity index (χ2n) is 6.69. The number of hydrogen-bond acceptors (Lipinski definition) is 6. The molecule has 0 radical (unpaired) electrons. The fourth-order valence-corrected chi connectivity index (χ4v) is 3.21. The van der Waals surface area contributed by atoms with Gasteiger partial charge in [0.05, 0.1) is 11.7 Å². The second-order valence-corrected chi connectivity index (χ2v) is 6.69. The van der Waals surface area contributed by atoms with Gasteiger partial charge >= 0.3 is 5.97 Å². The lowest BCUT2D eigenvalue weighted by Crippen LogP contribution is -2.43. The summed E-state index contributed by atoms with van der Waals surface area (Å²) in [6.45, 7) is 1.99. The normalized spacial score (nSPS) is 22.1. The number of benzene rings is 2. The molecule has 3 rings (SSSR count). The molecule has 138 valence electrons. The van der Waals surface area contributed by atoms with E-state index in [9.17, 15) is 9.59 Å². The lowest BCUT2D eigenvalue weighted by Gasteiger charge is -2.24. The first-order valence-corrected chi connectivity index (χ1v) is 8.61. The zero-order valence-corrected chi connectivity index (χ0v) is 14.5. The van der Waals surface area contributed by atoms with Crippen molar-refractivity contribution in [3.05, 3.63) is 42.5 Å². The minimum atomic E-state index is -0.929. The van der Waals surface area contributed by atoms with Crippen LogP contribution in [0.3, 0.4) is 0 Å². The summed E-state index contributed by atoms with van der Waals surface area (Å²) in [6.07, 6.45) is -0.504. The van der Waals surface area contributed by atoms with Crippen LogP contribution in [0.5, 0.6) is 0 Å². The van der Waals surface area contributed by atoms with Crippen molar-refractivity contribution in [3.63, 3.8) is 0 Å². The van der Waals surface area contributed by atoms with E-state index in [1.807, 2.05) is 42.5 Å². The quantitative estimate of drug-likeness (QED) is 0.556. The van der Waals surface area contributed by atoms with E-state index >= 15 is 0 Å². The Hall–Kier alpha value is -2.48. The third kappa shape index (κ3) is 4.01. The van der Waals surface area contributed by atoms with Crippen LogP contribution in [0, 0.1) is 5.92 Å². The fraction of sp³-hybridized carbons (Fsp3) is 0.368. The van der Waals surface area contributed by atoms with Crippen LogP contribution < -0.4 is 16.5 Å². The van der Waals surface area contributed by atoms with Crippen LogP contribution in [0.15, 0.2) is 42.5 Å². The Morgan fingerprint density at radius 2 is 2.00 bits per heavy atom. The number of Topliss-reactive ketones (excluding diaryl/α,β-unsaturated/α-hetero) is 1. The summed E-state index contributed by atoms with van der Waals surface area (Å²) in [6, 6.07) is 12.3. The van der Waals surface area contributed by atoms with Gasteiger partial charge in [-0.1, -0.05) is 30.3 Å². The second kappa shape index (κ2) is 7.82. The van der Waals surface area contributed by atoms with Crippen LogP contribution in [0.1, 0.15) is 13.3 Å². The number of carboxylic acid groups (broad SMARTS) is 1. The van der Waals surface area contributed by atoms with Gasteiger partial charge in [-0.25, -0.2) is 0 Å². The summed E-state index contributed by atoms with van der Waals surface area (Å²) in [4.78, 5) is 29.3. The van der Waals surface area contributed by atoms with E-state index in [0.29, 0.717) is 18.7 Å². The van der Waals surface area contributed by atoms with E-state index in [2.05, 4.69) is 10.8 Å². The van der Waals surface area contributed by atoms with Gasteiger partial charge < -0.3 is 16.2 Å². The molecular formula is C19H23N3O4. The number of carbonyl (C=O) groups excluding carboxylic acids is 1. The van der Waals surface area contributed by atoms with Crippen LogP contribution in [-0.2, 0) is 14.4 Å². The number of hydrogen-bond donors (Lipinski definition) is 4. The molecule has 2 aromatic carbocycles. The highest BCUT2D eigenvalue weighted by atomic mass is 16.7. The summed E-state index contributed by atoms with van der Waals surface area (Å²) in [5, 5.41) is 14.2. The predicted octanol–water partition coefficient (Wildman–Crippen LogP) is 1.53. The number of carbonyl (C=O) groups is 2. The first-order valence-electron chi connectivity index (χ1n) is 8.61. The van der Waals surface area contributed by atoms with E-state index in [0.717, 1.165) is 10.8 Å². The largest absolute Gasteiger partial charge is 0.480 e. The first kappa shape index (κ1) is 18.3. The minimum Gasteiger partial charge on any atom is -0.480 e. The average molecular weight is 357 g/mol. The highest BCUT2D eigenvalue weighted by Crippen LogP contribution is 2.24. The topological polar surface area (TPSA) is 114 Å². The van der Waals surface area contributed by atoms with Gasteiger partial charge in [0.2, 0.25) is 0 Å². The molecule has 2 unspecified atom stereocenters. The van der Waals surface area contributed by atoms with Crippen molar-refractivity contribution in [1.82, 2.24) is 5.32 Å². The average Bonchev–Trinajstić information content (AvgIpc) is 3.11. The molecule has 5 N–H and O–H groups in total. The van der Waals surface area contributed by atoms with E-state index < -0.39 is 24.2 Å². The molecular weight excluding hydrogens is 334 g/mol. The summed E-state index contributed by atoms with van der Waals surface area (Å²) in [5.41, 5.74) is 9.30. The van der Waals surface area contributed by atoms with Gasteiger partial charge in [0.15, 0.2) is 5.78 Å². The number of rotatable bonds is 7. The van der Waals surface area contributed by atoms with Crippen molar-refractivity contribution in [1.29, 1.82) is 0 Å². The molecule has 26 heavy (non-hydrogen) atoms. The van der Waals surface area contributed by atoms with Crippen LogP contribution in [0.25, 0.3) is 10.8 Å². The van der Waals surface area contributed by atoms with Gasteiger partial charge in [0.1, 0.15) is 12.1 Å². The van der Waals surface area contributed by atoms with Crippen molar-refractivity contribution in [3.8, 4) is 0 Å². The monoisotopic (exact) mass is 357 g/mol. The molecule has 0 bridgehead atoms. The lowest BCUT2D eigenvalue weighted by molar-refractivity contribution is -0.139. The van der Waals surface area contributed by atoms with E-state index in [-0.39, 0.29) is 11.7 Å². The molecule has 7 heteroatoms. The van der Waals surface area contributed by atoms with Crippen LogP contribution >= 0.6 is 0 Å². The summed E-state index contributed by atoms with van der Waals surface area (Å²) in [7, 11) is 0. The zero-order valence-electron chi connectivity index (χ0n) is 14.5. The maximum absolute atomic E-state index is 12.5. The molecule has 4 atom stereocenters. The summed E-state index contributed by atoms with van der Waals surface area (Å²) in [5.74, 6) is -1.44. The van der Waals surface area contributed by atoms with Gasteiger partial charge in [0, 0.05) is 12.5 Å². The van der Waals surface area contributed by atoms with Crippen LogP contribution in [0.4, 0.5) is 5.69 Å². The molecule has 1 fully saturated rings. The van der Waals surface area contributed by atoms with Crippen molar-refractivity contribution in [2.45, 2.75) is 31.5 Å². The molecule has 1 aliphatic heterocycles. The number of carboxylic acids is 1. The third-order valence-electron chi connectivity index (χ3n) is 4.67. The summed E-state index contributed by atoms with van der Waals surface area (Å²) >= 11 is 0. The Balaban J connectivity index is 1.72.